The monoisotopic (exact) mass is 275 g/mol. The molecule has 3 nitrogen and oxygen atoms in total. The fraction of sp³-hybridized carbons (Fsp3) is 1.00. The van der Waals surface area contributed by atoms with Crippen molar-refractivity contribution < 1.29 is 0 Å². The van der Waals surface area contributed by atoms with E-state index >= 15 is 0 Å². The van der Waals surface area contributed by atoms with E-state index in [0.717, 1.165) is 0 Å². The lowest BCUT2D eigenvalue weighted by molar-refractivity contribution is -0.0510. The topological polar surface area (TPSA) is 9.72 Å². The third kappa shape index (κ3) is 2.23. The van der Waals surface area contributed by atoms with Gasteiger partial charge in [-0.3, -0.25) is 9.35 Å². The van der Waals surface area contributed by atoms with Crippen LogP contribution in [0.5, 0.6) is 0 Å². The van der Waals surface area contributed by atoms with E-state index in [9.17, 15) is 0 Å². The van der Waals surface area contributed by atoms with Crippen molar-refractivity contribution >= 4 is 24.8 Å². The lowest BCUT2D eigenvalue weighted by atomic mass is 10.8. The van der Waals surface area contributed by atoms with Gasteiger partial charge in [-0.05, 0) is 19.1 Å². The number of hydrazine groups is 2. The minimum absolute atomic E-state index is 0.0504. The molecule has 1 fully saturated rings. The Hall–Kier alpha value is 0.531. The number of hydrogen-bond acceptors (Lipinski definition) is 3. The average Bonchev–Trinajstić information content (AvgIpc) is 2.31. The third-order valence-electron chi connectivity index (χ3n) is 4.62. The van der Waals surface area contributed by atoms with Gasteiger partial charge < -0.3 is 0 Å². The Labute approximate surface area is 106 Å². The first kappa shape index (κ1) is 14.6. The van der Waals surface area contributed by atoms with Crippen LogP contribution in [0.1, 0.15) is 27.7 Å². The quantitative estimate of drug-likeness (QED) is 0.706. The van der Waals surface area contributed by atoms with Crippen LogP contribution >= 0.6 is 0 Å². The van der Waals surface area contributed by atoms with E-state index in [1.807, 2.05) is 0 Å². The molecule has 1 heterocycles. The first-order valence-corrected chi connectivity index (χ1v) is 15.7. The molecule has 1 aliphatic rings. The van der Waals surface area contributed by atoms with Gasteiger partial charge in [-0.25, -0.2) is 0 Å². The van der Waals surface area contributed by atoms with Crippen molar-refractivity contribution in [2.45, 2.75) is 45.8 Å². The Morgan fingerprint density at radius 1 is 1.06 bits per heavy atom. The Bertz CT molecular complexity index is 223. The molecule has 0 aromatic rings. The Morgan fingerprint density at radius 2 is 1.62 bits per heavy atom. The Balaban J connectivity index is 3.04. The zero-order valence-electron chi connectivity index (χ0n) is 12.0. The van der Waals surface area contributed by atoms with Crippen molar-refractivity contribution in [1.29, 1.82) is 0 Å². The SMILES string of the molecule is CCN1N(C)N(C)[SiH2][SiH](CC)[Si]1(CC)CC. The first-order chi connectivity index (χ1) is 7.57. The van der Waals surface area contributed by atoms with Gasteiger partial charge in [-0.1, -0.05) is 33.7 Å². The highest BCUT2D eigenvalue weighted by atomic mass is 29.6. The van der Waals surface area contributed by atoms with Crippen molar-refractivity contribution in [3.05, 3.63) is 0 Å². The molecule has 0 bridgehead atoms. The van der Waals surface area contributed by atoms with Crippen molar-refractivity contribution in [3.63, 3.8) is 0 Å². The van der Waals surface area contributed by atoms with Crippen LogP contribution in [-0.4, -0.2) is 59.9 Å². The summed E-state index contributed by atoms with van der Waals surface area (Å²) in [6, 6.07) is 4.50. The van der Waals surface area contributed by atoms with Crippen LogP contribution in [0.2, 0.25) is 18.1 Å². The van der Waals surface area contributed by atoms with E-state index in [0.29, 0.717) is 0 Å². The van der Waals surface area contributed by atoms with Crippen LogP contribution in [0, 0.1) is 0 Å². The molecule has 0 N–H and O–H groups in total. The van der Waals surface area contributed by atoms with Crippen LogP contribution < -0.4 is 0 Å². The second kappa shape index (κ2) is 5.92. The minimum Gasteiger partial charge on any atom is -0.264 e. The highest BCUT2D eigenvalue weighted by molar-refractivity contribution is 7.51. The Morgan fingerprint density at radius 3 is 2.00 bits per heavy atom. The summed E-state index contributed by atoms with van der Waals surface area (Å²) in [5.74, 6) is 0. The lowest BCUT2D eigenvalue weighted by Crippen LogP contribution is -2.78. The van der Waals surface area contributed by atoms with Gasteiger partial charge in [0.05, 0.1) is 7.83 Å². The van der Waals surface area contributed by atoms with Gasteiger partial charge in [0.2, 0.25) is 0 Å². The van der Waals surface area contributed by atoms with Gasteiger partial charge in [-0.15, -0.1) is 0 Å². The van der Waals surface area contributed by atoms with Crippen LogP contribution in [-0.2, 0) is 0 Å². The maximum atomic E-state index is 2.80. The molecular formula is C10H29N3Si3. The standard InChI is InChI=1S/C10H29N3Si3/c1-7-13-11(5)12(6)14-15(8-2)16(13,9-3)10-4/h15H,7-10,14H2,1-6H3. The zero-order valence-corrected chi connectivity index (χ0v) is 15.5. The van der Waals surface area contributed by atoms with E-state index in [2.05, 4.69) is 56.3 Å². The van der Waals surface area contributed by atoms with Crippen molar-refractivity contribution in [2.75, 3.05) is 20.6 Å². The van der Waals surface area contributed by atoms with E-state index < -0.39 is 15.6 Å². The number of rotatable bonds is 4. The summed E-state index contributed by atoms with van der Waals surface area (Å²) < 4.78 is 5.38. The molecule has 1 aliphatic heterocycles. The van der Waals surface area contributed by atoms with Crippen LogP contribution in [0.4, 0.5) is 0 Å². The van der Waals surface area contributed by atoms with Gasteiger partial charge >= 0.3 is 0 Å². The van der Waals surface area contributed by atoms with Gasteiger partial charge in [0.1, 0.15) is 17.0 Å². The molecule has 96 valence electrons. The van der Waals surface area contributed by atoms with E-state index in [1.165, 1.54) is 24.7 Å². The number of nitrogens with zero attached hydrogens (tertiary/aromatic N) is 3. The normalized spacial score (nSPS) is 30.0. The highest BCUT2D eigenvalue weighted by Crippen LogP contribution is 2.29. The minimum atomic E-state index is -1.08. The largest absolute Gasteiger partial charge is 0.264 e. The molecule has 1 unspecified atom stereocenters. The molecule has 0 saturated carbocycles. The summed E-state index contributed by atoms with van der Waals surface area (Å²) in [6.45, 7) is 10.9. The highest BCUT2D eigenvalue weighted by Gasteiger charge is 2.49. The van der Waals surface area contributed by atoms with Gasteiger partial charge in [0.15, 0.2) is 0 Å². The van der Waals surface area contributed by atoms with E-state index in [1.54, 1.807) is 0 Å². The summed E-state index contributed by atoms with van der Waals surface area (Å²) in [4.78, 5) is 0. The second-order valence-electron chi connectivity index (χ2n) is 4.96. The summed E-state index contributed by atoms with van der Waals surface area (Å²) >= 11 is 0. The molecule has 16 heavy (non-hydrogen) atoms. The van der Waals surface area contributed by atoms with E-state index in [-0.39, 0.29) is 9.20 Å². The lowest BCUT2D eigenvalue weighted by Gasteiger charge is -2.56. The molecule has 6 heteroatoms. The maximum Gasteiger partial charge on any atom is 0.132 e. The fourth-order valence-electron chi connectivity index (χ4n) is 3.51. The van der Waals surface area contributed by atoms with Crippen LogP contribution in [0.25, 0.3) is 0 Å². The molecule has 0 aliphatic carbocycles. The molecule has 1 atom stereocenters. The predicted molar refractivity (Wildman–Crippen MR) is 80.8 cm³/mol. The smallest absolute Gasteiger partial charge is 0.132 e. The van der Waals surface area contributed by atoms with Crippen molar-refractivity contribution in [2.24, 2.45) is 0 Å². The van der Waals surface area contributed by atoms with E-state index in [4.69, 9.17) is 0 Å². The summed E-state index contributed by atoms with van der Waals surface area (Å²) in [5.41, 5.74) is 0. The van der Waals surface area contributed by atoms with Gasteiger partial charge in [0.25, 0.3) is 0 Å². The maximum absolute atomic E-state index is 2.80. The molecular weight excluding hydrogens is 246 g/mol. The molecule has 0 aromatic heterocycles. The molecule has 0 aromatic carbocycles. The Kier molecular flexibility index (Phi) is 5.40. The molecule has 1 saturated heterocycles. The average molecular weight is 276 g/mol. The fourth-order valence-corrected chi connectivity index (χ4v) is 35.2. The van der Waals surface area contributed by atoms with Gasteiger partial charge in [0, 0.05) is 13.6 Å². The molecule has 0 spiro atoms. The van der Waals surface area contributed by atoms with Gasteiger partial charge in [-0.2, -0.15) is 5.12 Å². The molecule has 0 radical (unpaired) electrons. The summed E-state index contributed by atoms with van der Waals surface area (Å²) in [6.07, 6.45) is 0. The summed E-state index contributed by atoms with van der Waals surface area (Å²) in [5, 5.41) is 2.48. The second-order valence-corrected chi connectivity index (χ2v) is 24.8. The van der Waals surface area contributed by atoms with Crippen molar-refractivity contribution in [3.8, 4) is 0 Å². The van der Waals surface area contributed by atoms with Crippen LogP contribution in [0.3, 0.4) is 0 Å². The van der Waals surface area contributed by atoms with Crippen LogP contribution in [0.15, 0.2) is 0 Å². The predicted octanol–water partition coefficient (Wildman–Crippen LogP) is 0.907. The molecule has 0 amide bonds. The first-order valence-electron chi connectivity index (χ1n) is 6.79. The number of hydrogen-bond donors (Lipinski definition) is 0. The summed E-state index contributed by atoms with van der Waals surface area (Å²) in [7, 11) is 3.13. The zero-order chi connectivity index (χ0) is 12.3. The van der Waals surface area contributed by atoms with Crippen molar-refractivity contribution in [1.82, 2.24) is 14.5 Å². The third-order valence-corrected chi connectivity index (χ3v) is 34.8. The molecule has 1 rings (SSSR count).